The molecule has 1 atom stereocenters. The second-order valence-electron chi connectivity index (χ2n) is 5.47. The molecule has 0 fully saturated rings. The molecule has 1 amide bonds. The summed E-state index contributed by atoms with van der Waals surface area (Å²) in [6, 6.07) is 6.09. The van der Waals surface area contributed by atoms with Crippen LogP contribution in [0.3, 0.4) is 0 Å². The van der Waals surface area contributed by atoms with Gasteiger partial charge in [-0.3, -0.25) is 4.79 Å². The number of aliphatic carboxylic acids is 1. The zero-order valence-electron chi connectivity index (χ0n) is 14.4. The SMILES string of the molecule is COCCC(NC(=O)c1ccn(-c2cc(C)ccc2OC)n1)C(=O)O. The van der Waals surface area contributed by atoms with Gasteiger partial charge in [0.15, 0.2) is 5.69 Å². The Hall–Kier alpha value is -2.87. The van der Waals surface area contributed by atoms with E-state index in [1.807, 2.05) is 25.1 Å². The number of ether oxygens (including phenoxy) is 2. The maximum absolute atomic E-state index is 12.3. The maximum atomic E-state index is 12.3. The van der Waals surface area contributed by atoms with Crippen LogP contribution in [-0.2, 0) is 9.53 Å². The summed E-state index contributed by atoms with van der Waals surface area (Å²) in [6.45, 7) is 2.17. The highest BCUT2D eigenvalue weighted by Gasteiger charge is 2.22. The predicted octanol–water partition coefficient (Wildman–Crippen LogP) is 1.41. The fourth-order valence-electron chi connectivity index (χ4n) is 2.28. The van der Waals surface area contributed by atoms with Crippen molar-refractivity contribution in [3.63, 3.8) is 0 Å². The van der Waals surface area contributed by atoms with Gasteiger partial charge in [0.1, 0.15) is 17.5 Å². The highest BCUT2D eigenvalue weighted by atomic mass is 16.5. The van der Waals surface area contributed by atoms with Crippen molar-refractivity contribution < 1.29 is 24.2 Å². The van der Waals surface area contributed by atoms with Gasteiger partial charge in [-0.25, -0.2) is 9.48 Å². The zero-order chi connectivity index (χ0) is 18.4. The first-order valence-electron chi connectivity index (χ1n) is 7.69. The predicted molar refractivity (Wildman–Crippen MR) is 90.2 cm³/mol. The molecular weight excluding hydrogens is 326 g/mol. The van der Waals surface area contributed by atoms with E-state index in [0.29, 0.717) is 11.4 Å². The van der Waals surface area contributed by atoms with Crippen LogP contribution in [-0.4, -0.2) is 53.6 Å². The first kappa shape index (κ1) is 18.5. The van der Waals surface area contributed by atoms with E-state index in [2.05, 4.69) is 10.4 Å². The van der Waals surface area contributed by atoms with Crippen molar-refractivity contribution in [3.05, 3.63) is 41.7 Å². The smallest absolute Gasteiger partial charge is 0.326 e. The number of amides is 1. The van der Waals surface area contributed by atoms with E-state index in [-0.39, 0.29) is 18.7 Å². The zero-order valence-corrected chi connectivity index (χ0v) is 14.4. The van der Waals surface area contributed by atoms with Gasteiger partial charge in [-0.2, -0.15) is 5.10 Å². The first-order valence-corrected chi connectivity index (χ1v) is 7.69. The van der Waals surface area contributed by atoms with Crippen LogP contribution in [0.4, 0.5) is 0 Å². The third kappa shape index (κ3) is 4.57. The van der Waals surface area contributed by atoms with Gasteiger partial charge in [-0.05, 0) is 30.7 Å². The monoisotopic (exact) mass is 347 g/mol. The van der Waals surface area contributed by atoms with Crippen molar-refractivity contribution in [1.29, 1.82) is 0 Å². The highest BCUT2D eigenvalue weighted by Crippen LogP contribution is 2.23. The standard InChI is InChI=1S/C17H21N3O5/c1-11-4-5-15(25-3)14(10-11)20-8-6-12(19-20)16(21)18-13(17(22)23)7-9-24-2/h4-6,8,10,13H,7,9H2,1-3H3,(H,18,21)(H,22,23). The number of methoxy groups -OCH3 is 2. The summed E-state index contributed by atoms with van der Waals surface area (Å²) in [4.78, 5) is 23.5. The maximum Gasteiger partial charge on any atom is 0.326 e. The Balaban J connectivity index is 2.19. The number of carbonyl (C=O) groups is 2. The molecule has 8 heteroatoms. The van der Waals surface area contributed by atoms with Crippen LogP contribution in [0.1, 0.15) is 22.5 Å². The molecule has 0 spiro atoms. The van der Waals surface area contributed by atoms with E-state index < -0.39 is 17.9 Å². The molecule has 25 heavy (non-hydrogen) atoms. The number of rotatable bonds is 8. The number of aromatic nitrogens is 2. The number of carboxylic acids is 1. The van der Waals surface area contributed by atoms with Gasteiger partial charge in [0, 0.05) is 26.3 Å². The van der Waals surface area contributed by atoms with E-state index in [1.165, 1.54) is 17.9 Å². The van der Waals surface area contributed by atoms with E-state index in [1.54, 1.807) is 13.3 Å². The molecule has 0 aliphatic rings. The Morgan fingerprint density at radius 2 is 2.08 bits per heavy atom. The molecule has 0 saturated carbocycles. The summed E-state index contributed by atoms with van der Waals surface area (Å²) in [5.74, 6) is -1.07. The van der Waals surface area contributed by atoms with Gasteiger partial charge >= 0.3 is 5.97 Å². The molecule has 2 aromatic rings. The Morgan fingerprint density at radius 3 is 2.72 bits per heavy atom. The average Bonchev–Trinajstić information content (AvgIpc) is 3.08. The summed E-state index contributed by atoms with van der Waals surface area (Å²) < 4.78 is 11.7. The first-order chi connectivity index (χ1) is 12.0. The Morgan fingerprint density at radius 1 is 1.32 bits per heavy atom. The fraction of sp³-hybridized carbons (Fsp3) is 0.353. The number of hydrogen-bond acceptors (Lipinski definition) is 5. The van der Waals surface area contributed by atoms with Gasteiger partial charge in [0.2, 0.25) is 0 Å². The minimum atomic E-state index is -1.12. The molecule has 1 aromatic heterocycles. The molecular formula is C17H21N3O5. The summed E-state index contributed by atoms with van der Waals surface area (Å²) >= 11 is 0. The minimum Gasteiger partial charge on any atom is -0.494 e. The van der Waals surface area contributed by atoms with Gasteiger partial charge in [-0.15, -0.1) is 0 Å². The van der Waals surface area contributed by atoms with E-state index in [0.717, 1.165) is 5.56 Å². The van der Waals surface area contributed by atoms with Gasteiger partial charge in [-0.1, -0.05) is 6.07 Å². The van der Waals surface area contributed by atoms with Crippen molar-refractivity contribution >= 4 is 11.9 Å². The van der Waals surface area contributed by atoms with Crippen molar-refractivity contribution in [3.8, 4) is 11.4 Å². The number of nitrogens with one attached hydrogen (secondary N) is 1. The van der Waals surface area contributed by atoms with Crippen LogP contribution in [0.2, 0.25) is 0 Å². The molecule has 1 unspecified atom stereocenters. The molecule has 2 N–H and O–H groups in total. The summed E-state index contributed by atoms with van der Waals surface area (Å²) in [7, 11) is 3.02. The highest BCUT2D eigenvalue weighted by molar-refractivity contribution is 5.94. The number of benzene rings is 1. The largest absolute Gasteiger partial charge is 0.494 e. The quantitative estimate of drug-likeness (QED) is 0.748. The number of nitrogens with zero attached hydrogens (tertiary/aromatic N) is 2. The van der Waals surface area contributed by atoms with E-state index in [9.17, 15) is 9.59 Å². The van der Waals surface area contributed by atoms with Gasteiger partial charge in [0.25, 0.3) is 5.91 Å². The summed E-state index contributed by atoms with van der Waals surface area (Å²) in [5, 5.41) is 15.8. The Bertz CT molecular complexity index is 756. The third-order valence-electron chi connectivity index (χ3n) is 3.62. The Kier molecular flexibility index (Phi) is 6.13. The van der Waals surface area contributed by atoms with Gasteiger partial charge < -0.3 is 19.9 Å². The number of carbonyl (C=O) groups excluding carboxylic acids is 1. The van der Waals surface area contributed by atoms with Crippen LogP contribution in [0.25, 0.3) is 5.69 Å². The molecule has 0 radical (unpaired) electrons. The third-order valence-corrected chi connectivity index (χ3v) is 3.62. The average molecular weight is 347 g/mol. The van der Waals surface area contributed by atoms with Gasteiger partial charge in [0.05, 0.1) is 7.11 Å². The lowest BCUT2D eigenvalue weighted by molar-refractivity contribution is -0.139. The summed E-state index contributed by atoms with van der Waals surface area (Å²) in [6.07, 6.45) is 1.79. The fourth-order valence-corrected chi connectivity index (χ4v) is 2.28. The van der Waals surface area contributed by atoms with Crippen molar-refractivity contribution in [2.24, 2.45) is 0 Å². The van der Waals surface area contributed by atoms with Crippen LogP contribution in [0, 0.1) is 6.92 Å². The lowest BCUT2D eigenvalue weighted by atomic mass is 10.2. The van der Waals surface area contributed by atoms with Crippen molar-refractivity contribution in [1.82, 2.24) is 15.1 Å². The van der Waals surface area contributed by atoms with E-state index in [4.69, 9.17) is 14.6 Å². The molecule has 1 aromatic carbocycles. The number of aryl methyl sites for hydroxylation is 1. The molecule has 134 valence electrons. The molecule has 1 heterocycles. The van der Waals surface area contributed by atoms with Crippen LogP contribution in [0.15, 0.2) is 30.5 Å². The summed E-state index contributed by atoms with van der Waals surface area (Å²) in [5.41, 5.74) is 1.82. The van der Waals surface area contributed by atoms with E-state index >= 15 is 0 Å². The molecule has 2 rings (SSSR count). The lowest BCUT2D eigenvalue weighted by Gasteiger charge is -2.13. The Labute approximate surface area is 145 Å². The molecule has 8 nitrogen and oxygen atoms in total. The number of carboxylic acid groups (broad SMARTS) is 1. The normalized spacial score (nSPS) is 11.8. The van der Waals surface area contributed by atoms with Crippen molar-refractivity contribution in [2.75, 3.05) is 20.8 Å². The van der Waals surface area contributed by atoms with Crippen LogP contribution in [0.5, 0.6) is 5.75 Å². The second kappa shape index (κ2) is 8.29. The molecule has 0 saturated heterocycles. The second-order valence-corrected chi connectivity index (χ2v) is 5.47. The topological polar surface area (TPSA) is 103 Å². The van der Waals surface area contributed by atoms with Crippen molar-refractivity contribution in [2.45, 2.75) is 19.4 Å². The van der Waals surface area contributed by atoms with Crippen LogP contribution < -0.4 is 10.1 Å². The lowest BCUT2D eigenvalue weighted by Crippen LogP contribution is -2.41. The molecule has 0 aliphatic heterocycles. The van der Waals surface area contributed by atoms with Crippen LogP contribution >= 0.6 is 0 Å². The molecule has 0 bridgehead atoms. The number of hydrogen-bond donors (Lipinski definition) is 2. The molecule has 0 aliphatic carbocycles. The minimum absolute atomic E-state index is 0.118.